The van der Waals surface area contributed by atoms with Crippen molar-refractivity contribution in [3.05, 3.63) is 53.1 Å². The summed E-state index contributed by atoms with van der Waals surface area (Å²) in [7, 11) is -2.69. The number of anilines is 1. The standard InChI is InChI=1S/C20H26N2O5S/c1-14-5-6-18(27-4)19(12-14)28(25,26)22(13-20(24)21-7-8-23)17-10-15(2)9-16(3)11-17/h5-6,9-12,23H,7-8,13H2,1-4H3,(H,21,24). The molecule has 0 saturated carbocycles. The van der Waals surface area contributed by atoms with Crippen LogP contribution in [0.1, 0.15) is 16.7 Å². The third kappa shape index (κ3) is 5.02. The highest BCUT2D eigenvalue weighted by molar-refractivity contribution is 7.93. The van der Waals surface area contributed by atoms with Gasteiger partial charge in [-0.25, -0.2) is 8.42 Å². The molecular weight excluding hydrogens is 380 g/mol. The fourth-order valence-electron chi connectivity index (χ4n) is 2.90. The molecule has 2 aromatic carbocycles. The largest absolute Gasteiger partial charge is 0.495 e. The zero-order valence-electron chi connectivity index (χ0n) is 16.5. The Morgan fingerprint density at radius 1 is 1.07 bits per heavy atom. The van der Waals surface area contributed by atoms with E-state index in [1.165, 1.54) is 13.2 Å². The van der Waals surface area contributed by atoms with Crippen LogP contribution >= 0.6 is 0 Å². The first-order valence-corrected chi connectivity index (χ1v) is 10.3. The molecule has 8 heteroatoms. The van der Waals surface area contributed by atoms with Crippen molar-refractivity contribution in [3.63, 3.8) is 0 Å². The Hall–Kier alpha value is -2.58. The summed E-state index contributed by atoms with van der Waals surface area (Å²) in [6.45, 7) is 4.91. The number of methoxy groups -OCH3 is 1. The Balaban J connectivity index is 2.60. The minimum absolute atomic E-state index is 0.0101. The molecule has 2 N–H and O–H groups in total. The van der Waals surface area contributed by atoms with Crippen molar-refractivity contribution in [2.24, 2.45) is 0 Å². The van der Waals surface area contributed by atoms with E-state index >= 15 is 0 Å². The molecule has 7 nitrogen and oxygen atoms in total. The number of aliphatic hydroxyl groups is 1. The highest BCUT2D eigenvalue weighted by atomic mass is 32.2. The molecule has 0 saturated heterocycles. The number of hydrogen-bond donors (Lipinski definition) is 2. The minimum Gasteiger partial charge on any atom is -0.495 e. The lowest BCUT2D eigenvalue weighted by molar-refractivity contribution is -0.119. The van der Waals surface area contributed by atoms with E-state index in [1.807, 2.05) is 19.9 Å². The highest BCUT2D eigenvalue weighted by Crippen LogP contribution is 2.31. The predicted octanol–water partition coefficient (Wildman–Crippen LogP) is 1.92. The van der Waals surface area contributed by atoms with Crippen LogP contribution in [0.15, 0.2) is 41.3 Å². The van der Waals surface area contributed by atoms with Crippen molar-refractivity contribution in [1.29, 1.82) is 0 Å². The van der Waals surface area contributed by atoms with E-state index in [4.69, 9.17) is 9.84 Å². The number of carbonyl (C=O) groups is 1. The molecule has 152 valence electrons. The van der Waals surface area contributed by atoms with Crippen LogP contribution in [-0.4, -0.2) is 46.2 Å². The average molecular weight is 407 g/mol. The SMILES string of the molecule is COc1ccc(C)cc1S(=O)(=O)N(CC(=O)NCCO)c1cc(C)cc(C)c1. The van der Waals surface area contributed by atoms with E-state index in [0.717, 1.165) is 21.0 Å². The molecule has 0 aromatic heterocycles. The van der Waals surface area contributed by atoms with Gasteiger partial charge in [-0.15, -0.1) is 0 Å². The molecule has 0 radical (unpaired) electrons. The zero-order chi connectivity index (χ0) is 20.9. The summed E-state index contributed by atoms with van der Waals surface area (Å²) >= 11 is 0. The van der Waals surface area contributed by atoms with Gasteiger partial charge in [0, 0.05) is 6.54 Å². The van der Waals surface area contributed by atoms with E-state index in [9.17, 15) is 13.2 Å². The zero-order valence-corrected chi connectivity index (χ0v) is 17.3. The van der Waals surface area contributed by atoms with Crippen LogP contribution < -0.4 is 14.4 Å². The molecule has 0 bridgehead atoms. The summed E-state index contributed by atoms with van der Waals surface area (Å²) in [5.41, 5.74) is 2.90. The van der Waals surface area contributed by atoms with Crippen LogP contribution in [0, 0.1) is 20.8 Å². The van der Waals surface area contributed by atoms with Crippen LogP contribution in [0.4, 0.5) is 5.69 Å². The Morgan fingerprint density at radius 2 is 1.71 bits per heavy atom. The van der Waals surface area contributed by atoms with Crippen LogP contribution in [0.5, 0.6) is 5.75 Å². The molecule has 2 rings (SSSR count). The topological polar surface area (TPSA) is 95.9 Å². The number of carbonyl (C=O) groups excluding carboxylic acids is 1. The summed E-state index contributed by atoms with van der Waals surface area (Å²) < 4.78 is 33.3. The molecule has 0 aliphatic heterocycles. The van der Waals surface area contributed by atoms with E-state index < -0.39 is 22.5 Å². The van der Waals surface area contributed by atoms with Gasteiger partial charge < -0.3 is 15.2 Å². The van der Waals surface area contributed by atoms with Crippen molar-refractivity contribution in [2.45, 2.75) is 25.7 Å². The van der Waals surface area contributed by atoms with Crippen LogP contribution in [0.2, 0.25) is 0 Å². The number of nitrogens with one attached hydrogen (secondary N) is 1. The van der Waals surface area contributed by atoms with Crippen molar-refractivity contribution in [2.75, 3.05) is 31.1 Å². The number of aliphatic hydroxyl groups excluding tert-OH is 1. The third-order valence-electron chi connectivity index (χ3n) is 4.10. The number of sulfonamides is 1. The Morgan fingerprint density at radius 3 is 2.29 bits per heavy atom. The molecule has 0 atom stereocenters. The molecule has 2 aromatic rings. The monoisotopic (exact) mass is 406 g/mol. The molecule has 0 spiro atoms. The number of aryl methyl sites for hydroxylation is 3. The number of nitrogens with zero attached hydrogens (tertiary/aromatic N) is 1. The first kappa shape index (κ1) is 21.7. The molecule has 1 amide bonds. The Bertz CT molecular complexity index is 937. The maximum atomic E-state index is 13.5. The van der Waals surface area contributed by atoms with Gasteiger partial charge >= 0.3 is 0 Å². The number of amides is 1. The molecular formula is C20H26N2O5S. The minimum atomic E-state index is -4.09. The van der Waals surface area contributed by atoms with Crippen molar-refractivity contribution in [3.8, 4) is 5.75 Å². The van der Waals surface area contributed by atoms with Crippen molar-refractivity contribution in [1.82, 2.24) is 5.32 Å². The smallest absolute Gasteiger partial charge is 0.268 e. The second-order valence-electron chi connectivity index (χ2n) is 6.59. The molecule has 28 heavy (non-hydrogen) atoms. The van der Waals surface area contributed by atoms with E-state index in [1.54, 1.807) is 31.2 Å². The highest BCUT2D eigenvalue weighted by Gasteiger charge is 2.30. The van der Waals surface area contributed by atoms with Gasteiger partial charge in [0.1, 0.15) is 17.2 Å². The Kier molecular flexibility index (Phi) is 7.04. The molecule has 0 heterocycles. The van der Waals surface area contributed by atoms with Crippen LogP contribution in [-0.2, 0) is 14.8 Å². The van der Waals surface area contributed by atoms with E-state index in [2.05, 4.69) is 5.32 Å². The molecule has 0 aliphatic rings. The van der Waals surface area contributed by atoms with E-state index in [0.29, 0.717) is 5.69 Å². The van der Waals surface area contributed by atoms with Crippen LogP contribution in [0.25, 0.3) is 0 Å². The first-order valence-electron chi connectivity index (χ1n) is 8.82. The summed E-state index contributed by atoms with van der Waals surface area (Å²) in [4.78, 5) is 12.3. The summed E-state index contributed by atoms with van der Waals surface area (Å²) in [5, 5.41) is 11.4. The van der Waals surface area contributed by atoms with Gasteiger partial charge in [0.15, 0.2) is 0 Å². The van der Waals surface area contributed by atoms with Gasteiger partial charge in [-0.2, -0.15) is 0 Å². The van der Waals surface area contributed by atoms with Gasteiger partial charge in [-0.3, -0.25) is 9.10 Å². The molecule has 0 aliphatic carbocycles. The first-order chi connectivity index (χ1) is 13.2. The third-order valence-corrected chi connectivity index (χ3v) is 5.90. The quantitative estimate of drug-likeness (QED) is 0.698. The maximum Gasteiger partial charge on any atom is 0.268 e. The summed E-state index contributed by atoms with van der Waals surface area (Å²) in [6.07, 6.45) is 0. The van der Waals surface area contributed by atoms with Crippen LogP contribution in [0.3, 0.4) is 0 Å². The van der Waals surface area contributed by atoms with Gasteiger partial charge in [-0.1, -0.05) is 12.1 Å². The van der Waals surface area contributed by atoms with Crippen molar-refractivity contribution < 1.29 is 23.1 Å². The van der Waals surface area contributed by atoms with Gasteiger partial charge in [0.05, 0.1) is 19.4 Å². The number of rotatable bonds is 8. The average Bonchev–Trinajstić information content (AvgIpc) is 2.63. The lowest BCUT2D eigenvalue weighted by atomic mass is 10.1. The number of ether oxygens (including phenoxy) is 1. The fraction of sp³-hybridized carbons (Fsp3) is 0.350. The summed E-state index contributed by atoms with van der Waals surface area (Å²) in [6, 6.07) is 10.2. The normalized spacial score (nSPS) is 11.2. The fourth-order valence-corrected chi connectivity index (χ4v) is 4.54. The number of hydrogen-bond acceptors (Lipinski definition) is 5. The maximum absolute atomic E-state index is 13.5. The number of benzene rings is 2. The molecule has 0 unspecified atom stereocenters. The Labute approximate surface area is 166 Å². The molecule has 0 fully saturated rings. The van der Waals surface area contributed by atoms with Gasteiger partial charge in [0.2, 0.25) is 5.91 Å². The second kappa shape index (κ2) is 9.07. The van der Waals surface area contributed by atoms with Gasteiger partial charge in [-0.05, 0) is 61.7 Å². The lowest BCUT2D eigenvalue weighted by Gasteiger charge is -2.26. The second-order valence-corrected chi connectivity index (χ2v) is 8.42. The predicted molar refractivity (Wildman–Crippen MR) is 108 cm³/mol. The summed E-state index contributed by atoms with van der Waals surface area (Å²) in [5.74, 6) is -0.306. The van der Waals surface area contributed by atoms with Crippen molar-refractivity contribution >= 4 is 21.6 Å². The lowest BCUT2D eigenvalue weighted by Crippen LogP contribution is -2.41. The van der Waals surface area contributed by atoms with E-state index in [-0.39, 0.29) is 23.8 Å². The van der Waals surface area contributed by atoms with Gasteiger partial charge in [0.25, 0.3) is 10.0 Å².